The normalized spacial score (nSPS) is 11.6. The van der Waals surface area contributed by atoms with E-state index in [1.807, 2.05) is 24.5 Å². The van der Waals surface area contributed by atoms with E-state index in [9.17, 15) is 0 Å². The first kappa shape index (κ1) is 25.0. The molecule has 0 saturated carbocycles. The highest BCUT2D eigenvalue weighted by molar-refractivity contribution is 7.26. The van der Waals surface area contributed by atoms with Crippen molar-refractivity contribution in [1.29, 1.82) is 0 Å². The Kier molecular flexibility index (Phi) is 6.91. The number of nitrogens with one attached hydrogen (secondary N) is 1. The van der Waals surface area contributed by atoms with Crippen molar-refractivity contribution < 1.29 is 0 Å². The first-order chi connectivity index (χ1) is 19.2. The predicted molar refractivity (Wildman–Crippen MR) is 172 cm³/mol. The first-order valence-corrected chi connectivity index (χ1v) is 14.3. The topological polar surface area (TPSA) is 15.0 Å². The standard InChI is InChI=1S/C21H19NS.C15H13N/c1-3-14-8-4-5-9-15(14)20-18(22-2)13-12-17-16-10-6-7-11-19(16)23-21(17)20;1-2-6-12-7-5-8-13(11-12)16-14-9-3-4-10-15(14)16/h4-13,22H,3H2,1-2H3;2-5,7-11H,1,6H2. The third-order valence-corrected chi connectivity index (χ3v) is 8.55. The second-order valence-corrected chi connectivity index (χ2v) is 10.8. The molecule has 1 N–H and O–H groups in total. The summed E-state index contributed by atoms with van der Waals surface area (Å²) in [5, 5.41) is 6.09. The number of aryl methyl sites for hydroxylation is 1. The molecular formula is C36H32N2S. The summed E-state index contributed by atoms with van der Waals surface area (Å²) in [5.74, 6) is 0. The van der Waals surface area contributed by atoms with Crippen LogP contribution >= 0.6 is 11.3 Å². The van der Waals surface area contributed by atoms with E-state index in [1.165, 1.54) is 65.2 Å². The number of thiophene rings is 1. The maximum absolute atomic E-state index is 3.77. The van der Waals surface area contributed by atoms with Gasteiger partial charge in [0.25, 0.3) is 0 Å². The number of anilines is 4. The minimum absolute atomic E-state index is 0.929. The largest absolute Gasteiger partial charge is 0.388 e. The van der Waals surface area contributed by atoms with Gasteiger partial charge in [0.05, 0.1) is 11.4 Å². The number of hydrogen-bond donors (Lipinski definition) is 1. The number of allylic oxidation sites excluding steroid dienone is 1. The minimum Gasteiger partial charge on any atom is -0.388 e. The zero-order chi connectivity index (χ0) is 26.8. The van der Waals surface area contributed by atoms with Crippen LogP contribution in [-0.2, 0) is 12.8 Å². The van der Waals surface area contributed by atoms with Crippen molar-refractivity contribution in [3.8, 4) is 11.1 Å². The Hall–Kier alpha value is -4.34. The summed E-state index contributed by atoms with van der Waals surface area (Å²) < 4.78 is 2.73. The van der Waals surface area contributed by atoms with Gasteiger partial charge in [-0.05, 0) is 65.9 Å². The second-order valence-electron chi connectivity index (χ2n) is 9.71. The summed E-state index contributed by atoms with van der Waals surface area (Å²) in [7, 11) is 2.01. The van der Waals surface area contributed by atoms with Crippen LogP contribution in [0, 0.1) is 0 Å². The molecule has 0 atom stereocenters. The van der Waals surface area contributed by atoms with Crippen LogP contribution in [0.15, 0.2) is 122 Å². The van der Waals surface area contributed by atoms with Gasteiger partial charge in [-0.1, -0.05) is 85.8 Å². The van der Waals surface area contributed by atoms with E-state index in [0.717, 1.165) is 12.8 Å². The molecule has 2 nitrogen and oxygen atoms in total. The van der Waals surface area contributed by atoms with Gasteiger partial charge in [0.15, 0.2) is 0 Å². The average Bonchev–Trinajstić information content (AvgIpc) is 3.61. The molecule has 3 heteroatoms. The molecule has 0 aliphatic carbocycles. The molecule has 1 aliphatic heterocycles. The highest BCUT2D eigenvalue weighted by Crippen LogP contribution is 2.53. The predicted octanol–water partition coefficient (Wildman–Crippen LogP) is 10.5. The summed E-state index contributed by atoms with van der Waals surface area (Å²) in [6.07, 6.45) is 3.91. The molecule has 6 aromatic rings. The monoisotopic (exact) mass is 524 g/mol. The Morgan fingerprint density at radius 2 is 1.54 bits per heavy atom. The van der Waals surface area contributed by atoms with E-state index >= 15 is 0 Å². The average molecular weight is 525 g/mol. The van der Waals surface area contributed by atoms with Crippen molar-refractivity contribution in [2.24, 2.45) is 0 Å². The van der Waals surface area contributed by atoms with Gasteiger partial charge >= 0.3 is 0 Å². The molecule has 1 aliphatic rings. The number of hydrogen-bond acceptors (Lipinski definition) is 3. The number of para-hydroxylation sites is 2. The lowest BCUT2D eigenvalue weighted by Crippen LogP contribution is -1.94. The minimum atomic E-state index is 0.929. The fourth-order valence-corrected chi connectivity index (χ4v) is 6.67. The van der Waals surface area contributed by atoms with Gasteiger partial charge in [-0.2, -0.15) is 0 Å². The van der Waals surface area contributed by atoms with Crippen LogP contribution in [0.1, 0.15) is 18.1 Å². The lowest BCUT2D eigenvalue weighted by atomic mass is 9.95. The van der Waals surface area contributed by atoms with Crippen LogP contribution in [0.25, 0.3) is 31.3 Å². The lowest BCUT2D eigenvalue weighted by Gasteiger charge is -2.14. The van der Waals surface area contributed by atoms with Gasteiger partial charge < -0.3 is 10.2 Å². The molecule has 39 heavy (non-hydrogen) atoms. The summed E-state index contributed by atoms with van der Waals surface area (Å²) in [6, 6.07) is 39.0. The van der Waals surface area contributed by atoms with E-state index < -0.39 is 0 Å². The number of benzene rings is 5. The van der Waals surface area contributed by atoms with Gasteiger partial charge in [-0.15, -0.1) is 17.9 Å². The van der Waals surface area contributed by atoms with E-state index in [4.69, 9.17) is 0 Å². The number of fused-ring (bicyclic) bond motifs is 4. The third-order valence-electron chi connectivity index (χ3n) is 7.35. The molecule has 0 amide bonds. The maximum atomic E-state index is 3.77. The summed E-state index contributed by atoms with van der Waals surface area (Å²) in [5.41, 5.74) is 10.5. The molecule has 0 spiro atoms. The quantitative estimate of drug-likeness (QED) is 0.172. The van der Waals surface area contributed by atoms with Crippen LogP contribution in [0.3, 0.4) is 0 Å². The van der Waals surface area contributed by atoms with Crippen molar-refractivity contribution in [2.45, 2.75) is 19.8 Å². The number of nitrogens with zero attached hydrogens (tertiary/aromatic N) is 1. The Labute approximate surface area is 234 Å². The fourth-order valence-electron chi connectivity index (χ4n) is 5.41. The van der Waals surface area contributed by atoms with Crippen molar-refractivity contribution >= 4 is 54.3 Å². The molecule has 0 unspecified atom stereocenters. The van der Waals surface area contributed by atoms with Gasteiger partial charge in [-0.3, -0.25) is 0 Å². The zero-order valence-corrected chi connectivity index (χ0v) is 23.3. The Bertz CT molecular complexity index is 1770. The van der Waals surface area contributed by atoms with E-state index in [0.29, 0.717) is 0 Å². The molecule has 0 radical (unpaired) electrons. The highest BCUT2D eigenvalue weighted by atomic mass is 32.1. The van der Waals surface area contributed by atoms with Gasteiger partial charge in [0.2, 0.25) is 0 Å². The van der Waals surface area contributed by atoms with Gasteiger partial charge in [0, 0.05) is 44.2 Å². The first-order valence-electron chi connectivity index (χ1n) is 13.5. The molecule has 5 aromatic carbocycles. The van der Waals surface area contributed by atoms with E-state index in [1.54, 1.807) is 0 Å². The Balaban J connectivity index is 0.000000151. The van der Waals surface area contributed by atoms with Crippen molar-refractivity contribution in [1.82, 2.24) is 0 Å². The van der Waals surface area contributed by atoms with Gasteiger partial charge in [-0.25, -0.2) is 0 Å². The molecule has 0 bridgehead atoms. The smallest absolute Gasteiger partial charge is 0.0703 e. The van der Waals surface area contributed by atoms with Crippen LogP contribution in [0.4, 0.5) is 22.7 Å². The maximum Gasteiger partial charge on any atom is 0.0703 e. The van der Waals surface area contributed by atoms with Crippen LogP contribution < -0.4 is 10.2 Å². The van der Waals surface area contributed by atoms with Crippen LogP contribution in [-0.4, -0.2) is 7.05 Å². The molecule has 7 rings (SSSR count). The van der Waals surface area contributed by atoms with Crippen molar-refractivity contribution in [3.05, 3.63) is 133 Å². The van der Waals surface area contributed by atoms with E-state index in [2.05, 4.69) is 133 Å². The van der Waals surface area contributed by atoms with Crippen LogP contribution in [0.5, 0.6) is 0 Å². The second kappa shape index (κ2) is 10.8. The lowest BCUT2D eigenvalue weighted by molar-refractivity contribution is 1.14. The number of rotatable bonds is 6. The fraction of sp³-hybridized carbons (Fsp3) is 0.111. The summed E-state index contributed by atoms with van der Waals surface area (Å²) >= 11 is 1.89. The molecule has 0 saturated heterocycles. The van der Waals surface area contributed by atoms with Crippen molar-refractivity contribution in [2.75, 3.05) is 17.3 Å². The molecule has 0 fully saturated rings. The Morgan fingerprint density at radius 1 is 0.795 bits per heavy atom. The Morgan fingerprint density at radius 3 is 2.31 bits per heavy atom. The molecular weight excluding hydrogens is 492 g/mol. The molecule has 1 aromatic heterocycles. The van der Waals surface area contributed by atoms with Crippen molar-refractivity contribution in [3.63, 3.8) is 0 Å². The van der Waals surface area contributed by atoms with Crippen LogP contribution in [0.2, 0.25) is 0 Å². The zero-order valence-electron chi connectivity index (χ0n) is 22.4. The molecule has 192 valence electrons. The summed E-state index contributed by atoms with van der Waals surface area (Å²) in [6.45, 7) is 6.00. The highest BCUT2D eigenvalue weighted by Gasteiger charge is 2.29. The van der Waals surface area contributed by atoms with E-state index in [-0.39, 0.29) is 0 Å². The molecule has 2 heterocycles. The van der Waals surface area contributed by atoms with Gasteiger partial charge in [0.1, 0.15) is 0 Å². The summed E-state index contributed by atoms with van der Waals surface area (Å²) in [4.78, 5) is 2.27. The SMILES string of the molecule is C=CCc1cccc(N2c3ccccc32)c1.CCc1ccccc1-c1c(NC)ccc2c1sc1ccccc12. The third kappa shape index (κ3) is 4.71.